The third-order valence-corrected chi connectivity index (χ3v) is 4.36. The number of aromatic nitrogens is 4. The van der Waals surface area contributed by atoms with Gasteiger partial charge in [0.1, 0.15) is 6.23 Å². The zero-order valence-corrected chi connectivity index (χ0v) is 13.9. The van der Waals surface area contributed by atoms with Gasteiger partial charge in [0.25, 0.3) is 0 Å². The molecule has 3 N–H and O–H groups in total. The van der Waals surface area contributed by atoms with Gasteiger partial charge in [0, 0.05) is 13.2 Å². The van der Waals surface area contributed by atoms with Gasteiger partial charge in [-0.1, -0.05) is 6.07 Å². The van der Waals surface area contributed by atoms with Gasteiger partial charge in [-0.3, -0.25) is 4.57 Å². The van der Waals surface area contributed by atoms with Crippen molar-refractivity contribution >= 4 is 17.0 Å². The maximum Gasteiger partial charge on any atom is 0.312 e. The topological polar surface area (TPSA) is 105 Å². The van der Waals surface area contributed by atoms with Crippen molar-refractivity contribution in [1.29, 1.82) is 0 Å². The molecular weight excluding hydrogens is 341 g/mol. The number of benzene rings is 1. The van der Waals surface area contributed by atoms with Crippen molar-refractivity contribution in [2.24, 2.45) is 0 Å². The van der Waals surface area contributed by atoms with E-state index in [1.54, 1.807) is 17.0 Å². The first-order valence-electron chi connectivity index (χ1n) is 8.38. The summed E-state index contributed by atoms with van der Waals surface area (Å²) in [5.74, 6) is -0.160. The molecule has 4 rings (SSSR count). The fraction of sp³-hybridized carbons (Fsp3) is 0.353. The second kappa shape index (κ2) is 6.75. The first-order chi connectivity index (χ1) is 12.6. The average molecular weight is 359 g/mol. The van der Waals surface area contributed by atoms with Crippen molar-refractivity contribution < 1.29 is 19.3 Å². The third-order valence-electron chi connectivity index (χ3n) is 4.36. The minimum Gasteiger partial charge on any atom is -0.504 e. The molecule has 1 fully saturated rings. The van der Waals surface area contributed by atoms with E-state index in [4.69, 9.17) is 4.74 Å². The molecule has 3 heterocycles. The lowest BCUT2D eigenvalue weighted by atomic mass is 10.2. The maximum absolute atomic E-state index is 13.9. The highest BCUT2D eigenvalue weighted by atomic mass is 19.1. The number of ether oxygens (including phenoxy) is 1. The largest absolute Gasteiger partial charge is 0.504 e. The molecule has 0 saturated carbocycles. The van der Waals surface area contributed by atoms with Gasteiger partial charge in [0.15, 0.2) is 28.5 Å². The highest BCUT2D eigenvalue weighted by Crippen LogP contribution is 2.28. The number of hydrogen-bond donors (Lipinski definition) is 3. The van der Waals surface area contributed by atoms with Gasteiger partial charge in [0.2, 0.25) is 0 Å². The number of anilines is 1. The summed E-state index contributed by atoms with van der Waals surface area (Å²) < 4.78 is 21.4. The van der Waals surface area contributed by atoms with E-state index in [1.165, 1.54) is 12.1 Å². The van der Waals surface area contributed by atoms with Gasteiger partial charge in [-0.2, -0.15) is 14.4 Å². The Bertz CT molecular complexity index is 940. The second-order valence-electron chi connectivity index (χ2n) is 6.16. The summed E-state index contributed by atoms with van der Waals surface area (Å²) in [4.78, 5) is 12.0. The van der Waals surface area contributed by atoms with E-state index in [-0.39, 0.29) is 30.1 Å². The number of phenolic OH excluding ortho intramolecular Hbond substituents is 2. The number of rotatable bonds is 4. The van der Waals surface area contributed by atoms with Crippen LogP contribution in [-0.2, 0) is 11.3 Å². The Balaban J connectivity index is 1.62. The molecule has 1 aliphatic rings. The summed E-state index contributed by atoms with van der Waals surface area (Å²) >= 11 is 0. The summed E-state index contributed by atoms with van der Waals surface area (Å²) in [6.45, 7) is 0.930. The Labute approximate surface area is 148 Å². The molecule has 1 saturated heterocycles. The SMILES string of the molecule is Oc1ccc(CNc2nc(F)nc3c2ncn3C2CCCCO2)cc1O. The number of fused-ring (bicyclic) bond motifs is 1. The highest BCUT2D eigenvalue weighted by molar-refractivity contribution is 5.82. The number of phenols is 2. The van der Waals surface area contributed by atoms with Crippen LogP contribution in [-0.4, -0.2) is 36.3 Å². The van der Waals surface area contributed by atoms with Gasteiger partial charge >= 0.3 is 6.08 Å². The molecule has 1 aliphatic heterocycles. The van der Waals surface area contributed by atoms with Gasteiger partial charge in [-0.15, -0.1) is 0 Å². The number of nitrogens with one attached hydrogen (secondary N) is 1. The molecule has 26 heavy (non-hydrogen) atoms. The van der Waals surface area contributed by atoms with E-state index < -0.39 is 6.08 Å². The third kappa shape index (κ3) is 3.13. The Morgan fingerprint density at radius 1 is 1.23 bits per heavy atom. The Morgan fingerprint density at radius 3 is 2.88 bits per heavy atom. The second-order valence-corrected chi connectivity index (χ2v) is 6.16. The molecule has 1 atom stereocenters. The summed E-state index contributed by atoms with van der Waals surface area (Å²) in [6, 6.07) is 4.45. The molecule has 0 aliphatic carbocycles. The average Bonchev–Trinajstić information content (AvgIpc) is 3.07. The fourth-order valence-corrected chi connectivity index (χ4v) is 3.03. The van der Waals surface area contributed by atoms with Crippen molar-refractivity contribution in [2.45, 2.75) is 32.0 Å². The van der Waals surface area contributed by atoms with Gasteiger partial charge in [0.05, 0.1) is 6.33 Å². The Morgan fingerprint density at radius 2 is 2.12 bits per heavy atom. The number of hydrogen-bond acceptors (Lipinski definition) is 7. The summed E-state index contributed by atoms with van der Waals surface area (Å²) in [5, 5.41) is 21.9. The highest BCUT2D eigenvalue weighted by Gasteiger charge is 2.21. The number of halogens is 1. The Hall–Kier alpha value is -2.94. The minimum absolute atomic E-state index is 0.199. The van der Waals surface area contributed by atoms with Crippen LogP contribution in [0.15, 0.2) is 24.5 Å². The predicted octanol–water partition coefficient (Wildman–Crippen LogP) is 2.69. The van der Waals surface area contributed by atoms with Crippen molar-refractivity contribution in [3.63, 3.8) is 0 Å². The molecule has 1 aromatic carbocycles. The number of aromatic hydroxyl groups is 2. The minimum atomic E-state index is -0.855. The van der Waals surface area contributed by atoms with Crippen LogP contribution in [0.25, 0.3) is 11.2 Å². The zero-order chi connectivity index (χ0) is 18.1. The lowest BCUT2D eigenvalue weighted by molar-refractivity contribution is -0.0298. The maximum atomic E-state index is 13.9. The van der Waals surface area contributed by atoms with Gasteiger partial charge in [-0.25, -0.2) is 4.98 Å². The normalized spacial score (nSPS) is 17.5. The van der Waals surface area contributed by atoms with Gasteiger partial charge < -0.3 is 20.3 Å². The first-order valence-corrected chi connectivity index (χ1v) is 8.38. The summed E-state index contributed by atoms with van der Waals surface area (Å²) in [5.41, 5.74) is 1.52. The zero-order valence-electron chi connectivity index (χ0n) is 13.9. The van der Waals surface area contributed by atoms with Gasteiger partial charge in [-0.05, 0) is 37.0 Å². The van der Waals surface area contributed by atoms with E-state index in [2.05, 4.69) is 20.3 Å². The Kier molecular flexibility index (Phi) is 4.29. The monoisotopic (exact) mass is 359 g/mol. The van der Waals surface area contributed by atoms with Crippen molar-refractivity contribution in [3.8, 4) is 11.5 Å². The van der Waals surface area contributed by atoms with Crippen molar-refractivity contribution in [2.75, 3.05) is 11.9 Å². The number of imidazole rings is 1. The van der Waals surface area contributed by atoms with Crippen LogP contribution < -0.4 is 5.32 Å². The van der Waals surface area contributed by atoms with E-state index in [0.29, 0.717) is 23.3 Å². The van der Waals surface area contributed by atoms with Crippen LogP contribution in [0.1, 0.15) is 31.1 Å². The predicted molar refractivity (Wildman–Crippen MR) is 91.2 cm³/mol. The van der Waals surface area contributed by atoms with E-state index in [1.807, 2.05) is 0 Å². The van der Waals surface area contributed by atoms with Crippen molar-refractivity contribution in [3.05, 3.63) is 36.2 Å². The quantitative estimate of drug-likeness (QED) is 0.486. The summed E-state index contributed by atoms with van der Waals surface area (Å²) in [7, 11) is 0. The molecule has 0 spiro atoms. The lowest BCUT2D eigenvalue weighted by Crippen LogP contribution is -2.18. The standard InChI is InChI=1S/C17H18FN5O3/c18-17-21-15(19-8-10-4-5-11(24)12(25)7-10)14-16(22-17)23(9-20-14)13-3-1-2-6-26-13/h4-5,7,9,13,24-25H,1-3,6,8H2,(H,19,21,22). The molecule has 9 heteroatoms. The fourth-order valence-electron chi connectivity index (χ4n) is 3.03. The molecular formula is C17H18FN5O3. The van der Waals surface area contributed by atoms with Crippen LogP contribution in [0.2, 0.25) is 0 Å². The van der Waals surface area contributed by atoms with E-state index in [9.17, 15) is 14.6 Å². The first kappa shape index (κ1) is 16.5. The molecule has 1 unspecified atom stereocenters. The van der Waals surface area contributed by atoms with Crippen molar-refractivity contribution in [1.82, 2.24) is 19.5 Å². The van der Waals surface area contributed by atoms with E-state index >= 15 is 0 Å². The lowest BCUT2D eigenvalue weighted by Gasteiger charge is -2.23. The van der Waals surface area contributed by atoms with E-state index in [0.717, 1.165) is 19.3 Å². The van der Waals surface area contributed by atoms with Crippen LogP contribution in [0.4, 0.5) is 10.2 Å². The van der Waals surface area contributed by atoms with Crippen LogP contribution >= 0.6 is 0 Å². The molecule has 2 aromatic heterocycles. The molecule has 0 bridgehead atoms. The molecule has 136 valence electrons. The molecule has 0 amide bonds. The van der Waals surface area contributed by atoms with Crippen LogP contribution in [0.3, 0.4) is 0 Å². The number of nitrogens with zero attached hydrogens (tertiary/aromatic N) is 4. The van der Waals surface area contributed by atoms with Crippen LogP contribution in [0, 0.1) is 6.08 Å². The summed E-state index contributed by atoms with van der Waals surface area (Å²) in [6.07, 6.45) is 3.40. The smallest absolute Gasteiger partial charge is 0.312 e. The molecule has 0 radical (unpaired) electrons. The molecule has 3 aromatic rings. The van der Waals surface area contributed by atoms with Crippen LogP contribution in [0.5, 0.6) is 11.5 Å². The molecule has 8 nitrogen and oxygen atoms in total.